The van der Waals surface area contributed by atoms with Gasteiger partial charge in [-0.25, -0.2) is 14.4 Å². The Bertz CT molecular complexity index is 1250. The Labute approximate surface area is 206 Å². The summed E-state index contributed by atoms with van der Waals surface area (Å²) in [4.78, 5) is 12.4. The molecular formula is C28H24F4N4. The van der Waals surface area contributed by atoms with Gasteiger partial charge in [0.05, 0.1) is 11.7 Å². The number of alkyl halides is 3. The quantitative estimate of drug-likeness (QED) is 0.310. The lowest BCUT2D eigenvalue weighted by atomic mass is 9.96. The van der Waals surface area contributed by atoms with E-state index in [0.29, 0.717) is 31.7 Å². The van der Waals surface area contributed by atoms with Crippen LogP contribution in [0, 0.1) is 5.82 Å². The van der Waals surface area contributed by atoms with E-state index in [1.807, 2.05) is 36.4 Å². The maximum Gasteiger partial charge on any atom is 0.433 e. The van der Waals surface area contributed by atoms with Crippen LogP contribution in [-0.2, 0) is 6.18 Å². The first-order valence-corrected chi connectivity index (χ1v) is 11.7. The van der Waals surface area contributed by atoms with E-state index < -0.39 is 17.7 Å². The van der Waals surface area contributed by atoms with Gasteiger partial charge in [-0.1, -0.05) is 60.7 Å². The van der Waals surface area contributed by atoms with Crippen LogP contribution in [0.2, 0.25) is 0 Å². The standard InChI is InChI=1S/C28H24F4N4/c29-23-13-11-20(12-14-23)24-19-25(28(30,31)32)34-27(33-24)36-17-15-35(16-18-36)26(21-7-3-1-4-8-21)22-9-5-2-6-10-22/h1-14,19,26H,15-18H2. The molecule has 0 spiro atoms. The van der Waals surface area contributed by atoms with Gasteiger partial charge in [0.1, 0.15) is 5.82 Å². The zero-order valence-electron chi connectivity index (χ0n) is 19.4. The Kier molecular flexibility index (Phi) is 6.69. The van der Waals surface area contributed by atoms with Crippen molar-refractivity contribution in [2.24, 2.45) is 0 Å². The van der Waals surface area contributed by atoms with E-state index in [9.17, 15) is 17.6 Å². The lowest BCUT2D eigenvalue weighted by Crippen LogP contribution is -2.48. The van der Waals surface area contributed by atoms with Gasteiger partial charge in [0.25, 0.3) is 0 Å². The molecule has 0 bridgehead atoms. The van der Waals surface area contributed by atoms with Gasteiger partial charge >= 0.3 is 6.18 Å². The molecule has 1 saturated heterocycles. The van der Waals surface area contributed by atoms with Gasteiger partial charge < -0.3 is 4.90 Å². The van der Waals surface area contributed by atoms with Crippen LogP contribution in [0.15, 0.2) is 91.0 Å². The second-order valence-corrected chi connectivity index (χ2v) is 8.69. The molecule has 36 heavy (non-hydrogen) atoms. The van der Waals surface area contributed by atoms with Crippen molar-refractivity contribution in [3.8, 4) is 11.3 Å². The molecule has 1 aliphatic heterocycles. The molecule has 0 N–H and O–H groups in total. The molecule has 1 aliphatic rings. The van der Waals surface area contributed by atoms with Gasteiger partial charge in [0, 0.05) is 31.7 Å². The Hall–Kier alpha value is -3.78. The Morgan fingerprint density at radius 2 is 1.25 bits per heavy atom. The molecule has 1 aromatic heterocycles. The van der Waals surface area contributed by atoms with E-state index in [0.717, 1.165) is 17.2 Å². The van der Waals surface area contributed by atoms with Crippen molar-refractivity contribution in [1.82, 2.24) is 14.9 Å². The summed E-state index contributed by atoms with van der Waals surface area (Å²) >= 11 is 0. The number of hydrogen-bond acceptors (Lipinski definition) is 4. The number of piperazine rings is 1. The van der Waals surface area contributed by atoms with Crippen molar-refractivity contribution in [1.29, 1.82) is 0 Å². The van der Waals surface area contributed by atoms with Gasteiger partial charge in [0.2, 0.25) is 5.95 Å². The summed E-state index contributed by atoms with van der Waals surface area (Å²) in [5.41, 5.74) is 1.82. The normalized spacial score (nSPS) is 14.9. The van der Waals surface area contributed by atoms with Crippen LogP contribution in [0.3, 0.4) is 0 Å². The third kappa shape index (κ3) is 5.23. The van der Waals surface area contributed by atoms with E-state index in [1.165, 1.54) is 24.3 Å². The summed E-state index contributed by atoms with van der Waals surface area (Å²) < 4.78 is 54.3. The van der Waals surface area contributed by atoms with Crippen LogP contribution in [0.4, 0.5) is 23.5 Å². The minimum atomic E-state index is -4.62. The van der Waals surface area contributed by atoms with Crippen LogP contribution in [-0.4, -0.2) is 41.0 Å². The minimum absolute atomic E-state index is 0.0276. The molecular weight excluding hydrogens is 468 g/mol. The Morgan fingerprint density at radius 1 is 0.694 bits per heavy atom. The molecule has 0 unspecified atom stereocenters. The van der Waals surface area contributed by atoms with Gasteiger partial charge in [-0.3, -0.25) is 4.90 Å². The van der Waals surface area contributed by atoms with Crippen LogP contribution in [0.5, 0.6) is 0 Å². The molecule has 2 heterocycles. The van der Waals surface area contributed by atoms with Crippen molar-refractivity contribution < 1.29 is 17.6 Å². The van der Waals surface area contributed by atoms with Crippen molar-refractivity contribution in [2.75, 3.05) is 31.1 Å². The predicted octanol–water partition coefficient (Wildman–Crippen LogP) is 6.21. The zero-order chi connectivity index (χ0) is 25.1. The Morgan fingerprint density at radius 3 is 1.78 bits per heavy atom. The molecule has 184 valence electrons. The highest BCUT2D eigenvalue weighted by Crippen LogP contribution is 2.33. The average molecular weight is 493 g/mol. The lowest BCUT2D eigenvalue weighted by molar-refractivity contribution is -0.141. The predicted molar refractivity (Wildman–Crippen MR) is 131 cm³/mol. The molecule has 3 aromatic carbocycles. The highest BCUT2D eigenvalue weighted by atomic mass is 19.4. The Balaban J connectivity index is 1.42. The monoisotopic (exact) mass is 492 g/mol. The third-order valence-electron chi connectivity index (χ3n) is 6.34. The van der Waals surface area contributed by atoms with Gasteiger partial charge in [0.15, 0.2) is 5.69 Å². The summed E-state index contributed by atoms with van der Waals surface area (Å²) in [7, 11) is 0. The third-order valence-corrected chi connectivity index (χ3v) is 6.34. The second-order valence-electron chi connectivity index (χ2n) is 8.69. The van der Waals surface area contributed by atoms with Crippen molar-refractivity contribution in [3.63, 3.8) is 0 Å². The SMILES string of the molecule is Fc1ccc(-c2cc(C(F)(F)F)nc(N3CCN(C(c4ccccc4)c4ccccc4)CC3)n2)cc1. The van der Waals surface area contributed by atoms with E-state index in [2.05, 4.69) is 39.1 Å². The van der Waals surface area contributed by atoms with Crippen molar-refractivity contribution in [2.45, 2.75) is 12.2 Å². The fourth-order valence-corrected chi connectivity index (χ4v) is 4.55. The molecule has 5 rings (SSSR count). The van der Waals surface area contributed by atoms with Crippen LogP contribution in [0.25, 0.3) is 11.3 Å². The number of hydrogen-bond donors (Lipinski definition) is 0. The van der Waals surface area contributed by atoms with Gasteiger partial charge in [-0.15, -0.1) is 0 Å². The van der Waals surface area contributed by atoms with E-state index in [4.69, 9.17) is 0 Å². The van der Waals surface area contributed by atoms with E-state index in [-0.39, 0.29) is 17.7 Å². The maximum atomic E-state index is 13.7. The number of rotatable bonds is 5. The summed E-state index contributed by atoms with van der Waals surface area (Å²) in [5, 5.41) is 0. The van der Waals surface area contributed by atoms with E-state index in [1.54, 1.807) is 4.90 Å². The van der Waals surface area contributed by atoms with Gasteiger partial charge in [-0.2, -0.15) is 13.2 Å². The molecule has 0 aliphatic carbocycles. The number of nitrogens with zero attached hydrogens (tertiary/aromatic N) is 4. The molecule has 4 aromatic rings. The summed E-state index contributed by atoms with van der Waals surface area (Å²) in [6.07, 6.45) is -4.62. The molecule has 0 saturated carbocycles. The molecule has 0 atom stereocenters. The van der Waals surface area contributed by atoms with Crippen molar-refractivity contribution >= 4 is 5.95 Å². The first kappa shape index (κ1) is 23.9. The first-order chi connectivity index (χ1) is 17.4. The lowest BCUT2D eigenvalue weighted by Gasteiger charge is -2.40. The van der Waals surface area contributed by atoms with Crippen LogP contribution in [0.1, 0.15) is 22.9 Å². The maximum absolute atomic E-state index is 13.7. The van der Waals surface area contributed by atoms with Gasteiger partial charge in [-0.05, 0) is 41.5 Å². The molecule has 0 amide bonds. The largest absolute Gasteiger partial charge is 0.433 e. The summed E-state index contributed by atoms with van der Waals surface area (Å²) in [6, 6.07) is 26.6. The zero-order valence-corrected chi connectivity index (χ0v) is 19.4. The fourth-order valence-electron chi connectivity index (χ4n) is 4.55. The van der Waals surface area contributed by atoms with Crippen LogP contribution < -0.4 is 4.90 Å². The molecule has 0 radical (unpaired) electrons. The average Bonchev–Trinajstić information content (AvgIpc) is 2.90. The number of aromatic nitrogens is 2. The summed E-state index contributed by atoms with van der Waals surface area (Å²) in [6.45, 7) is 2.19. The van der Waals surface area contributed by atoms with Crippen LogP contribution >= 0.6 is 0 Å². The topological polar surface area (TPSA) is 32.3 Å². The number of halogens is 4. The van der Waals surface area contributed by atoms with E-state index >= 15 is 0 Å². The minimum Gasteiger partial charge on any atom is -0.338 e. The first-order valence-electron chi connectivity index (χ1n) is 11.7. The fraction of sp³-hybridized carbons (Fsp3) is 0.214. The summed E-state index contributed by atoms with van der Waals surface area (Å²) in [5.74, 6) is -0.439. The van der Waals surface area contributed by atoms with Crippen molar-refractivity contribution in [3.05, 3.63) is 114 Å². The second kappa shape index (κ2) is 10.1. The smallest absolute Gasteiger partial charge is 0.338 e. The molecule has 4 nitrogen and oxygen atoms in total. The molecule has 1 fully saturated rings. The highest BCUT2D eigenvalue weighted by molar-refractivity contribution is 5.61. The number of benzene rings is 3. The highest BCUT2D eigenvalue weighted by Gasteiger charge is 2.35. The molecule has 8 heteroatoms. The number of anilines is 1.